The molecule has 7 heteroatoms. The number of benzene rings is 5. The second-order valence-electron chi connectivity index (χ2n) is 9.24. The summed E-state index contributed by atoms with van der Waals surface area (Å²) in [6.45, 7) is 0. The Morgan fingerprint density at radius 2 is 0.949 bits per heavy atom. The summed E-state index contributed by atoms with van der Waals surface area (Å²) < 4.78 is 47.4. The van der Waals surface area contributed by atoms with Gasteiger partial charge in [0.1, 0.15) is 23.6 Å². The fraction of sp³-hybridized carbons (Fsp3) is 0. The smallest absolute Gasteiger partial charge is 0.153 e. The Hall–Kier alpha value is -5.53. The topological polar surface area (TPSA) is 57.4 Å². The fourth-order valence-electron chi connectivity index (χ4n) is 5.63. The highest BCUT2D eigenvalue weighted by molar-refractivity contribution is 6.19. The zero-order valence-corrected chi connectivity index (χ0v) is 20.1. The zero-order valence-electron chi connectivity index (χ0n) is 20.1. The molecule has 2 heterocycles. The van der Waals surface area contributed by atoms with Gasteiger partial charge in [-0.1, -0.05) is 42.5 Å². The quantitative estimate of drug-likeness (QED) is 0.235. The first-order chi connectivity index (χ1) is 19.0. The summed E-state index contributed by atoms with van der Waals surface area (Å²) in [6, 6.07) is 29.3. The Kier molecular flexibility index (Phi) is 4.79. The molecule has 0 unspecified atom stereocenters. The van der Waals surface area contributed by atoms with Crippen molar-refractivity contribution in [3.05, 3.63) is 120 Å². The number of fused-ring (bicyclic) bond motifs is 6. The van der Waals surface area contributed by atoms with Gasteiger partial charge >= 0.3 is 0 Å². The van der Waals surface area contributed by atoms with E-state index in [1.807, 2.05) is 53.1 Å². The normalized spacial score (nSPS) is 11.4. The van der Waals surface area contributed by atoms with Crippen LogP contribution >= 0.6 is 0 Å². The second kappa shape index (κ2) is 8.24. The van der Waals surface area contributed by atoms with Crippen molar-refractivity contribution in [3.63, 3.8) is 0 Å². The number of nitriles is 2. The molecule has 0 atom stereocenters. The zero-order chi connectivity index (χ0) is 26.8. The fourth-order valence-corrected chi connectivity index (χ4v) is 5.63. The molecule has 184 valence electrons. The lowest BCUT2D eigenvalue weighted by atomic mass is 10.1. The van der Waals surface area contributed by atoms with Crippen LogP contribution in [0.2, 0.25) is 0 Å². The monoisotopic (exact) mass is 512 g/mol. The molecule has 0 bridgehead atoms. The van der Waals surface area contributed by atoms with E-state index in [0.717, 1.165) is 27.2 Å². The van der Waals surface area contributed by atoms with Crippen molar-refractivity contribution >= 4 is 43.6 Å². The number of rotatable bonds is 2. The van der Waals surface area contributed by atoms with Crippen LogP contribution in [0, 0.1) is 40.1 Å². The highest BCUT2D eigenvalue weighted by Crippen LogP contribution is 2.41. The van der Waals surface area contributed by atoms with Crippen LogP contribution in [0.25, 0.3) is 55.0 Å². The first kappa shape index (κ1) is 22.7. The van der Waals surface area contributed by atoms with Crippen molar-refractivity contribution < 1.29 is 13.2 Å². The molecule has 0 aliphatic rings. The average molecular weight is 512 g/mol. The third-order valence-electron chi connectivity index (χ3n) is 7.17. The maximum absolute atomic E-state index is 15.1. The average Bonchev–Trinajstić information content (AvgIpc) is 3.43. The van der Waals surface area contributed by atoms with Crippen molar-refractivity contribution in [2.24, 2.45) is 0 Å². The maximum atomic E-state index is 15.1. The number of hydrogen-bond donors (Lipinski definition) is 0. The second-order valence-corrected chi connectivity index (χ2v) is 9.24. The van der Waals surface area contributed by atoms with Crippen LogP contribution in [-0.2, 0) is 0 Å². The van der Waals surface area contributed by atoms with Crippen molar-refractivity contribution in [2.45, 2.75) is 0 Å². The van der Waals surface area contributed by atoms with Crippen LogP contribution in [0.15, 0.2) is 91.0 Å². The van der Waals surface area contributed by atoms with Crippen molar-refractivity contribution in [1.82, 2.24) is 9.13 Å². The molecule has 5 aromatic carbocycles. The summed E-state index contributed by atoms with van der Waals surface area (Å²) in [4.78, 5) is 0. The largest absolute Gasteiger partial charge is 0.307 e. The lowest BCUT2D eigenvalue weighted by Crippen LogP contribution is -2.03. The number of halogens is 3. The van der Waals surface area contributed by atoms with Gasteiger partial charge in [-0.2, -0.15) is 10.5 Å². The summed E-state index contributed by atoms with van der Waals surface area (Å²) in [7, 11) is 0. The standard InChI is InChI=1S/C32H15F3N4/c33-20-12-25(34)32(26(35)13-20)39-28-11-4-2-9-22(28)24-14-29-23(15-30(24)39)21-8-1-3-10-27(21)38(29)31-18(16-36)6-5-7-19(31)17-37/h1-15H. The van der Waals surface area contributed by atoms with Gasteiger partial charge in [-0.15, -0.1) is 0 Å². The highest BCUT2D eigenvalue weighted by Gasteiger charge is 2.23. The molecule has 0 aliphatic carbocycles. The lowest BCUT2D eigenvalue weighted by Gasteiger charge is -2.12. The van der Waals surface area contributed by atoms with Gasteiger partial charge in [0, 0.05) is 33.7 Å². The molecule has 2 aromatic heterocycles. The molecule has 7 aromatic rings. The summed E-state index contributed by atoms with van der Waals surface area (Å²) in [5, 5.41) is 22.9. The predicted octanol–water partition coefficient (Wildman–Crippen LogP) is 8.04. The lowest BCUT2D eigenvalue weighted by molar-refractivity contribution is 0.537. The molecule has 7 rings (SSSR count). The Morgan fingerprint density at radius 3 is 1.44 bits per heavy atom. The first-order valence-electron chi connectivity index (χ1n) is 12.1. The molecular weight excluding hydrogens is 497 g/mol. The van der Waals surface area contributed by atoms with Gasteiger partial charge in [-0.05, 0) is 36.4 Å². The molecule has 0 N–H and O–H groups in total. The van der Waals surface area contributed by atoms with Gasteiger partial charge in [0.05, 0.1) is 38.9 Å². The summed E-state index contributed by atoms with van der Waals surface area (Å²) in [6.07, 6.45) is 0. The van der Waals surface area contributed by atoms with Crippen LogP contribution in [0.5, 0.6) is 0 Å². The first-order valence-corrected chi connectivity index (χ1v) is 12.1. The Labute approximate surface area is 219 Å². The molecule has 0 spiro atoms. The number of hydrogen-bond acceptors (Lipinski definition) is 2. The van der Waals surface area contributed by atoms with Crippen LogP contribution in [-0.4, -0.2) is 9.13 Å². The minimum atomic E-state index is -1.01. The van der Waals surface area contributed by atoms with Gasteiger partial charge in [0.15, 0.2) is 11.6 Å². The minimum Gasteiger partial charge on any atom is -0.307 e. The molecule has 0 aliphatic heterocycles. The van der Waals surface area contributed by atoms with E-state index in [2.05, 4.69) is 12.1 Å². The molecule has 0 radical (unpaired) electrons. The summed E-state index contributed by atoms with van der Waals surface area (Å²) in [5.74, 6) is -3.02. The van der Waals surface area contributed by atoms with E-state index in [4.69, 9.17) is 0 Å². The Bertz CT molecular complexity index is 2190. The number of aromatic nitrogens is 2. The summed E-state index contributed by atoms with van der Waals surface area (Å²) in [5.41, 5.74) is 3.37. The van der Waals surface area contributed by atoms with E-state index in [9.17, 15) is 14.9 Å². The molecular formula is C32H15F3N4. The van der Waals surface area contributed by atoms with Crippen LogP contribution in [0.3, 0.4) is 0 Å². The summed E-state index contributed by atoms with van der Waals surface area (Å²) >= 11 is 0. The van der Waals surface area contributed by atoms with E-state index >= 15 is 8.78 Å². The van der Waals surface area contributed by atoms with Gasteiger partial charge < -0.3 is 9.13 Å². The van der Waals surface area contributed by atoms with E-state index in [0.29, 0.717) is 45.4 Å². The molecule has 39 heavy (non-hydrogen) atoms. The van der Waals surface area contributed by atoms with E-state index in [-0.39, 0.29) is 5.69 Å². The Morgan fingerprint density at radius 1 is 0.487 bits per heavy atom. The SMILES string of the molecule is N#Cc1cccc(C#N)c1-n1c2ccccc2c2cc3c(cc21)c1ccccc1n3-c1c(F)cc(F)cc1F. The Balaban J connectivity index is 1.71. The maximum Gasteiger partial charge on any atom is 0.153 e. The van der Waals surface area contributed by atoms with Crippen molar-refractivity contribution in [2.75, 3.05) is 0 Å². The number of nitrogens with zero attached hydrogens (tertiary/aromatic N) is 4. The van der Waals surface area contributed by atoms with Crippen LogP contribution in [0.1, 0.15) is 11.1 Å². The van der Waals surface area contributed by atoms with E-state index in [1.165, 1.54) is 4.57 Å². The van der Waals surface area contributed by atoms with Gasteiger partial charge in [-0.25, -0.2) is 13.2 Å². The van der Waals surface area contributed by atoms with Crippen molar-refractivity contribution in [1.29, 1.82) is 10.5 Å². The third kappa shape index (κ3) is 3.11. The molecule has 0 amide bonds. The van der Waals surface area contributed by atoms with Crippen LogP contribution < -0.4 is 0 Å². The van der Waals surface area contributed by atoms with E-state index in [1.54, 1.807) is 30.3 Å². The van der Waals surface area contributed by atoms with Crippen molar-refractivity contribution in [3.8, 4) is 23.5 Å². The molecule has 0 saturated carbocycles. The van der Waals surface area contributed by atoms with Gasteiger partial charge in [0.2, 0.25) is 0 Å². The minimum absolute atomic E-state index is 0.342. The molecule has 0 saturated heterocycles. The number of para-hydroxylation sites is 3. The molecule has 0 fully saturated rings. The van der Waals surface area contributed by atoms with E-state index < -0.39 is 17.5 Å². The molecule has 4 nitrogen and oxygen atoms in total. The van der Waals surface area contributed by atoms with Gasteiger partial charge in [0.25, 0.3) is 0 Å². The highest BCUT2D eigenvalue weighted by atomic mass is 19.1. The van der Waals surface area contributed by atoms with Crippen LogP contribution in [0.4, 0.5) is 13.2 Å². The predicted molar refractivity (Wildman–Crippen MR) is 144 cm³/mol. The third-order valence-corrected chi connectivity index (χ3v) is 7.17. The van der Waals surface area contributed by atoms with Gasteiger partial charge in [-0.3, -0.25) is 0 Å².